The Bertz CT molecular complexity index is 398. The van der Waals surface area contributed by atoms with Gasteiger partial charge in [0.2, 0.25) is 5.75 Å². The second-order valence-corrected chi connectivity index (χ2v) is 4.49. The Labute approximate surface area is 107 Å². The van der Waals surface area contributed by atoms with E-state index in [1.807, 2.05) is 0 Å². The van der Waals surface area contributed by atoms with Gasteiger partial charge in [-0.2, -0.15) is 0 Å². The lowest BCUT2D eigenvalue weighted by atomic mass is 10.2. The smallest absolute Gasteiger partial charge is 0.493 e. The number of rotatable bonds is 3. The van der Waals surface area contributed by atoms with Crippen molar-refractivity contribution >= 4 is 6.16 Å². The molecule has 1 aromatic carbocycles. The monoisotopic (exact) mass is 253 g/mol. The van der Waals surface area contributed by atoms with E-state index >= 15 is 0 Å². The quantitative estimate of drug-likeness (QED) is 0.612. The topological polar surface area (TPSA) is 54.0 Å². The van der Waals surface area contributed by atoms with E-state index in [4.69, 9.17) is 18.9 Å². The Kier molecular flexibility index (Phi) is 4.42. The summed E-state index contributed by atoms with van der Waals surface area (Å²) in [4.78, 5) is 11.6. The lowest BCUT2D eigenvalue weighted by molar-refractivity contribution is 0.0195. The average molecular weight is 253 g/mol. The van der Waals surface area contributed by atoms with Crippen molar-refractivity contribution in [2.45, 2.75) is 26.4 Å². The van der Waals surface area contributed by atoms with Crippen LogP contribution in [0.25, 0.3) is 0 Å². The van der Waals surface area contributed by atoms with E-state index in [-0.39, 0.29) is 5.75 Å². The summed E-state index contributed by atoms with van der Waals surface area (Å²) < 4.78 is 20.3. The maximum absolute atomic E-state index is 11.6. The van der Waals surface area contributed by atoms with Crippen LogP contribution in [0.4, 0.5) is 4.79 Å². The molecule has 0 aromatic heterocycles. The first kappa shape index (κ1) is 14.2. The Morgan fingerprint density at radius 2 is 1.61 bits per heavy atom. The Hall–Kier alpha value is -1.91. The van der Waals surface area contributed by atoms with E-state index in [0.29, 0.717) is 11.5 Å². The molecule has 0 amide bonds. The van der Waals surface area contributed by atoms with Crippen LogP contribution in [-0.2, 0) is 4.74 Å². The van der Waals surface area contributed by atoms with E-state index in [1.54, 1.807) is 32.9 Å². The predicted molar refractivity (Wildman–Crippen MR) is 65.2 cm³/mol. The summed E-state index contributed by atoms with van der Waals surface area (Å²) in [6, 6.07) is 5.90. The largest absolute Gasteiger partial charge is 0.514 e. The highest BCUT2D eigenvalue weighted by Crippen LogP contribution is 2.36. The zero-order valence-electron chi connectivity index (χ0n) is 11.2. The maximum Gasteiger partial charge on any atom is 0.514 e. The number of benzene rings is 1. The van der Waals surface area contributed by atoms with Gasteiger partial charge in [0.25, 0.3) is 0 Å². The highest BCUT2D eigenvalue weighted by molar-refractivity contribution is 5.68. The number of hydrogen-bond acceptors (Lipinski definition) is 5. The van der Waals surface area contributed by atoms with Gasteiger partial charge in [-0.25, -0.2) is 4.79 Å². The molecule has 18 heavy (non-hydrogen) atoms. The first-order valence-electron chi connectivity index (χ1n) is 5.40. The molecule has 0 N–H and O–H groups in total. The van der Waals surface area contributed by atoms with E-state index in [9.17, 15) is 4.79 Å². The van der Waals surface area contributed by atoms with Crippen molar-refractivity contribution < 1.29 is 23.7 Å². The van der Waals surface area contributed by atoms with Crippen molar-refractivity contribution in [3.8, 4) is 17.2 Å². The minimum Gasteiger partial charge on any atom is -0.493 e. The summed E-state index contributed by atoms with van der Waals surface area (Å²) in [6.07, 6.45) is -0.815. The van der Waals surface area contributed by atoms with E-state index in [2.05, 4.69) is 6.07 Å². The van der Waals surface area contributed by atoms with Gasteiger partial charge in [-0.05, 0) is 39.0 Å². The van der Waals surface area contributed by atoms with Crippen LogP contribution < -0.4 is 14.2 Å². The first-order valence-corrected chi connectivity index (χ1v) is 5.40. The van der Waals surface area contributed by atoms with E-state index in [0.717, 1.165) is 0 Å². The van der Waals surface area contributed by atoms with Crippen molar-refractivity contribution in [3.63, 3.8) is 0 Å². The molecule has 0 aliphatic carbocycles. The van der Waals surface area contributed by atoms with Crippen molar-refractivity contribution in [1.82, 2.24) is 0 Å². The summed E-state index contributed by atoms with van der Waals surface area (Å²) in [7, 11) is 2.93. The van der Waals surface area contributed by atoms with Gasteiger partial charge in [0.15, 0.2) is 11.5 Å². The molecule has 0 saturated carbocycles. The van der Waals surface area contributed by atoms with Crippen molar-refractivity contribution in [1.29, 1.82) is 0 Å². The van der Waals surface area contributed by atoms with Crippen LogP contribution in [0.1, 0.15) is 20.8 Å². The lowest BCUT2D eigenvalue weighted by Gasteiger charge is -2.19. The molecule has 1 aromatic rings. The summed E-state index contributed by atoms with van der Waals surface area (Å²) in [6.45, 7) is 5.25. The molecule has 5 heteroatoms. The fraction of sp³-hybridized carbons (Fsp3) is 0.462. The number of ether oxygens (including phenoxy) is 4. The van der Waals surface area contributed by atoms with Crippen LogP contribution in [-0.4, -0.2) is 26.0 Å². The molecular weight excluding hydrogens is 236 g/mol. The van der Waals surface area contributed by atoms with Crippen LogP contribution in [0.3, 0.4) is 0 Å². The van der Waals surface area contributed by atoms with Crippen molar-refractivity contribution in [3.05, 3.63) is 18.2 Å². The number of hydrogen-bond donors (Lipinski definition) is 0. The lowest BCUT2D eigenvalue weighted by Crippen LogP contribution is -2.26. The Morgan fingerprint density at radius 1 is 1.11 bits per heavy atom. The van der Waals surface area contributed by atoms with Gasteiger partial charge < -0.3 is 18.9 Å². The van der Waals surface area contributed by atoms with Crippen LogP contribution in [0.15, 0.2) is 12.1 Å². The average Bonchev–Trinajstić information content (AvgIpc) is 2.26. The fourth-order valence-electron chi connectivity index (χ4n) is 1.20. The molecule has 1 rings (SSSR count). The molecule has 0 saturated heterocycles. The van der Waals surface area contributed by atoms with Gasteiger partial charge in [0.05, 0.1) is 14.2 Å². The molecule has 0 heterocycles. The minimum absolute atomic E-state index is 0.174. The highest BCUT2D eigenvalue weighted by Gasteiger charge is 2.21. The number of methoxy groups -OCH3 is 2. The fourth-order valence-corrected chi connectivity index (χ4v) is 1.20. The van der Waals surface area contributed by atoms with Crippen LogP contribution in [0, 0.1) is 6.07 Å². The molecule has 0 atom stereocenters. The van der Waals surface area contributed by atoms with E-state index in [1.165, 1.54) is 14.2 Å². The molecule has 0 spiro atoms. The van der Waals surface area contributed by atoms with Crippen molar-refractivity contribution in [2.75, 3.05) is 14.2 Å². The van der Waals surface area contributed by atoms with Gasteiger partial charge in [0.1, 0.15) is 5.60 Å². The standard InChI is InChI=1S/C13H17O5/c1-13(2,3)18-12(14)17-11-9(15-4)7-6-8-10(11)16-5/h7-8H,1-5H3. The summed E-state index contributed by atoms with van der Waals surface area (Å²) in [5, 5.41) is 0. The molecule has 0 bridgehead atoms. The molecule has 0 unspecified atom stereocenters. The zero-order chi connectivity index (χ0) is 13.8. The van der Waals surface area contributed by atoms with E-state index < -0.39 is 11.8 Å². The number of carbonyl (C=O) groups excluding carboxylic acids is 1. The van der Waals surface area contributed by atoms with Gasteiger partial charge in [-0.1, -0.05) is 0 Å². The summed E-state index contributed by atoms with van der Waals surface area (Å²) in [5.74, 6) is 0.869. The second kappa shape index (κ2) is 5.62. The van der Waals surface area contributed by atoms with Crippen LogP contribution in [0.2, 0.25) is 0 Å². The third kappa shape index (κ3) is 3.84. The van der Waals surface area contributed by atoms with Gasteiger partial charge in [0, 0.05) is 0 Å². The van der Waals surface area contributed by atoms with Crippen LogP contribution in [0.5, 0.6) is 17.2 Å². The molecule has 0 fully saturated rings. The predicted octanol–water partition coefficient (Wildman–Crippen LogP) is 2.82. The third-order valence-electron chi connectivity index (χ3n) is 1.89. The minimum atomic E-state index is -0.815. The molecule has 0 aliphatic rings. The normalized spacial score (nSPS) is 10.7. The SMILES string of the molecule is COc1c[c]cc(OC)c1OC(=O)OC(C)(C)C. The molecular formula is C13H17O5. The summed E-state index contributed by atoms with van der Waals surface area (Å²) >= 11 is 0. The third-order valence-corrected chi connectivity index (χ3v) is 1.89. The molecule has 99 valence electrons. The highest BCUT2D eigenvalue weighted by atomic mass is 16.7. The van der Waals surface area contributed by atoms with Gasteiger partial charge >= 0.3 is 6.16 Å². The first-order chi connectivity index (χ1) is 8.37. The van der Waals surface area contributed by atoms with Crippen LogP contribution >= 0.6 is 0 Å². The maximum atomic E-state index is 11.6. The van der Waals surface area contributed by atoms with Crippen molar-refractivity contribution in [2.24, 2.45) is 0 Å². The summed E-state index contributed by atoms with van der Waals surface area (Å²) in [5.41, 5.74) is -0.627. The number of carbonyl (C=O) groups is 1. The molecule has 1 radical (unpaired) electrons. The Balaban J connectivity index is 2.92. The van der Waals surface area contributed by atoms with Gasteiger partial charge in [-0.3, -0.25) is 0 Å². The van der Waals surface area contributed by atoms with Gasteiger partial charge in [-0.15, -0.1) is 0 Å². The molecule has 0 aliphatic heterocycles. The molecule has 5 nitrogen and oxygen atoms in total. The Morgan fingerprint density at radius 3 is 2.00 bits per heavy atom. The zero-order valence-corrected chi connectivity index (χ0v) is 11.2. The second-order valence-electron chi connectivity index (χ2n) is 4.49.